The molecule has 0 bridgehead atoms. The fourth-order valence-corrected chi connectivity index (χ4v) is 2.01. The lowest BCUT2D eigenvalue weighted by molar-refractivity contribution is -0.122. The van der Waals surface area contributed by atoms with Crippen molar-refractivity contribution < 1.29 is 4.79 Å². The summed E-state index contributed by atoms with van der Waals surface area (Å²) in [5.41, 5.74) is 1.45. The number of hydrogen-bond donors (Lipinski definition) is 0. The Morgan fingerprint density at radius 1 is 1.44 bits per heavy atom. The van der Waals surface area contributed by atoms with E-state index in [4.69, 9.17) is 0 Å². The molecule has 1 nitrogen and oxygen atoms in total. The van der Waals surface area contributed by atoms with Crippen molar-refractivity contribution in [1.82, 2.24) is 0 Å². The summed E-state index contributed by atoms with van der Waals surface area (Å²) in [5, 5.41) is 0. The summed E-state index contributed by atoms with van der Waals surface area (Å²) in [6.07, 6.45) is 12.1. The summed E-state index contributed by atoms with van der Waals surface area (Å²) >= 11 is 0. The van der Waals surface area contributed by atoms with E-state index in [1.807, 2.05) is 13.8 Å². The summed E-state index contributed by atoms with van der Waals surface area (Å²) in [7, 11) is 0. The predicted molar refractivity (Wildman–Crippen MR) is 69.3 cm³/mol. The smallest absolute Gasteiger partial charge is 0.135 e. The number of carbonyl (C=O) groups excluding carboxylic acids is 1. The molecular formula is C15H24O. The first-order valence-electron chi connectivity index (χ1n) is 6.49. The molecule has 0 fully saturated rings. The van der Waals surface area contributed by atoms with Gasteiger partial charge in [-0.15, -0.1) is 0 Å². The van der Waals surface area contributed by atoms with Crippen LogP contribution in [0.3, 0.4) is 0 Å². The van der Waals surface area contributed by atoms with E-state index < -0.39 is 0 Å². The molecule has 0 aromatic heterocycles. The zero-order chi connectivity index (χ0) is 12.0. The van der Waals surface area contributed by atoms with Crippen LogP contribution in [0.2, 0.25) is 0 Å². The van der Waals surface area contributed by atoms with Gasteiger partial charge in [0.1, 0.15) is 5.78 Å². The van der Waals surface area contributed by atoms with Gasteiger partial charge in [-0.25, -0.2) is 0 Å². The second-order valence-corrected chi connectivity index (χ2v) is 5.19. The highest BCUT2D eigenvalue weighted by Gasteiger charge is 2.07. The molecule has 0 radical (unpaired) electrons. The van der Waals surface area contributed by atoms with Crippen molar-refractivity contribution in [2.45, 2.75) is 52.9 Å². The van der Waals surface area contributed by atoms with Crippen molar-refractivity contribution in [1.29, 1.82) is 0 Å². The van der Waals surface area contributed by atoms with Crippen molar-refractivity contribution in [2.75, 3.05) is 0 Å². The van der Waals surface area contributed by atoms with Crippen LogP contribution >= 0.6 is 0 Å². The van der Waals surface area contributed by atoms with Crippen LogP contribution < -0.4 is 0 Å². The molecule has 0 aromatic rings. The number of unbranched alkanes of at least 4 members (excludes halogenated alkanes) is 1. The third kappa shape index (κ3) is 4.78. The van der Waals surface area contributed by atoms with Crippen LogP contribution in [0.4, 0.5) is 0 Å². The maximum absolute atomic E-state index is 11.4. The van der Waals surface area contributed by atoms with E-state index in [1.165, 1.54) is 12.0 Å². The fourth-order valence-electron chi connectivity index (χ4n) is 2.01. The normalized spacial score (nSPS) is 20.0. The van der Waals surface area contributed by atoms with E-state index in [1.54, 1.807) is 0 Å². The molecule has 1 atom stereocenters. The lowest BCUT2D eigenvalue weighted by atomic mass is 9.94. The van der Waals surface area contributed by atoms with Gasteiger partial charge >= 0.3 is 0 Å². The number of ketones is 1. The van der Waals surface area contributed by atoms with Gasteiger partial charge < -0.3 is 0 Å². The quantitative estimate of drug-likeness (QED) is 0.610. The summed E-state index contributed by atoms with van der Waals surface area (Å²) < 4.78 is 0. The molecule has 0 N–H and O–H groups in total. The van der Waals surface area contributed by atoms with Crippen molar-refractivity contribution in [3.05, 3.63) is 23.8 Å². The molecule has 0 saturated heterocycles. The van der Waals surface area contributed by atoms with Crippen molar-refractivity contribution >= 4 is 5.78 Å². The van der Waals surface area contributed by atoms with Gasteiger partial charge in [0, 0.05) is 12.3 Å². The minimum absolute atomic E-state index is 0.203. The highest BCUT2D eigenvalue weighted by molar-refractivity contribution is 5.80. The third-order valence-electron chi connectivity index (χ3n) is 3.12. The minimum atomic E-state index is 0.203. The summed E-state index contributed by atoms with van der Waals surface area (Å²) in [6.45, 7) is 6.22. The first-order chi connectivity index (χ1) is 7.59. The summed E-state index contributed by atoms with van der Waals surface area (Å²) in [5.74, 6) is 1.30. The van der Waals surface area contributed by atoms with Crippen LogP contribution in [0.15, 0.2) is 23.8 Å². The largest absolute Gasteiger partial charge is 0.299 e. The predicted octanol–water partition coefficient (Wildman–Crippen LogP) is 4.29. The van der Waals surface area contributed by atoms with Gasteiger partial charge in [-0.1, -0.05) is 44.6 Å². The lowest BCUT2D eigenvalue weighted by Gasteiger charge is -2.12. The van der Waals surface area contributed by atoms with E-state index >= 15 is 0 Å². The number of Topliss-reactive ketones (excluding diaryl/α,β-unsaturated/α-hetero) is 1. The maximum atomic E-state index is 11.4. The Labute approximate surface area is 99.6 Å². The zero-order valence-corrected chi connectivity index (χ0v) is 10.8. The van der Waals surface area contributed by atoms with Crippen LogP contribution in [0, 0.1) is 11.8 Å². The number of hydrogen-bond acceptors (Lipinski definition) is 1. The monoisotopic (exact) mass is 220 g/mol. The maximum Gasteiger partial charge on any atom is 0.135 e. The molecule has 1 aliphatic carbocycles. The molecule has 1 aliphatic rings. The Kier molecular flexibility index (Phi) is 5.51. The molecule has 90 valence electrons. The second-order valence-electron chi connectivity index (χ2n) is 5.19. The average molecular weight is 220 g/mol. The average Bonchev–Trinajstić information content (AvgIpc) is 2.24. The molecule has 1 rings (SSSR count). The van der Waals surface area contributed by atoms with Gasteiger partial charge in [0.05, 0.1) is 0 Å². The molecule has 0 amide bonds. The highest BCUT2D eigenvalue weighted by Crippen LogP contribution is 2.20. The topological polar surface area (TPSA) is 17.1 Å². The van der Waals surface area contributed by atoms with Crippen LogP contribution in [0.5, 0.6) is 0 Å². The van der Waals surface area contributed by atoms with E-state index in [9.17, 15) is 4.79 Å². The number of carbonyl (C=O) groups is 1. The van der Waals surface area contributed by atoms with E-state index in [2.05, 4.69) is 25.2 Å². The van der Waals surface area contributed by atoms with Crippen LogP contribution in [-0.4, -0.2) is 5.78 Å². The molecule has 0 aliphatic heterocycles. The Hall–Kier alpha value is -0.850. The summed E-state index contributed by atoms with van der Waals surface area (Å²) in [6, 6.07) is 0. The molecular weight excluding hydrogens is 196 g/mol. The Balaban J connectivity index is 2.16. The van der Waals surface area contributed by atoms with Crippen LogP contribution in [-0.2, 0) is 4.79 Å². The first kappa shape index (κ1) is 13.2. The van der Waals surface area contributed by atoms with Gasteiger partial charge in [0.15, 0.2) is 0 Å². The van der Waals surface area contributed by atoms with Crippen LogP contribution in [0.25, 0.3) is 0 Å². The lowest BCUT2D eigenvalue weighted by Crippen LogP contribution is -2.06. The SMILES string of the molecule is CC1C=C(CCCCC(=O)C(C)C)C=CC1. The third-order valence-corrected chi connectivity index (χ3v) is 3.12. The van der Waals surface area contributed by atoms with Crippen molar-refractivity contribution in [3.8, 4) is 0 Å². The van der Waals surface area contributed by atoms with Gasteiger partial charge in [-0.05, 0) is 31.6 Å². The van der Waals surface area contributed by atoms with Gasteiger partial charge in [-0.3, -0.25) is 4.79 Å². The van der Waals surface area contributed by atoms with Crippen molar-refractivity contribution in [3.63, 3.8) is 0 Å². The highest BCUT2D eigenvalue weighted by atomic mass is 16.1. The Morgan fingerprint density at radius 2 is 2.19 bits per heavy atom. The molecule has 1 unspecified atom stereocenters. The van der Waals surface area contributed by atoms with Crippen LogP contribution in [0.1, 0.15) is 52.9 Å². The van der Waals surface area contributed by atoms with Gasteiger partial charge in [-0.2, -0.15) is 0 Å². The molecule has 0 spiro atoms. The molecule has 0 saturated carbocycles. The van der Waals surface area contributed by atoms with E-state index in [0.29, 0.717) is 11.7 Å². The fraction of sp³-hybridized carbons (Fsp3) is 0.667. The van der Waals surface area contributed by atoms with Gasteiger partial charge in [0.25, 0.3) is 0 Å². The first-order valence-corrected chi connectivity index (χ1v) is 6.49. The van der Waals surface area contributed by atoms with Crippen molar-refractivity contribution in [2.24, 2.45) is 11.8 Å². The Bertz CT molecular complexity index is 284. The molecule has 0 aromatic carbocycles. The Morgan fingerprint density at radius 3 is 2.81 bits per heavy atom. The molecule has 16 heavy (non-hydrogen) atoms. The molecule has 1 heteroatoms. The number of allylic oxidation sites excluding steroid dienone is 4. The minimum Gasteiger partial charge on any atom is -0.299 e. The standard InChI is InChI=1S/C15H24O/c1-12(2)15(16)10-5-4-8-14-9-6-7-13(3)11-14/h6,9,11-13H,4-5,7-8,10H2,1-3H3. The second kappa shape index (κ2) is 6.67. The zero-order valence-electron chi connectivity index (χ0n) is 10.8. The van der Waals surface area contributed by atoms with E-state index in [-0.39, 0.29) is 5.92 Å². The van der Waals surface area contributed by atoms with E-state index in [0.717, 1.165) is 25.7 Å². The summed E-state index contributed by atoms with van der Waals surface area (Å²) in [4.78, 5) is 11.4. The van der Waals surface area contributed by atoms with Gasteiger partial charge in [0.2, 0.25) is 0 Å². The number of rotatable bonds is 6. The molecule has 0 heterocycles.